The summed E-state index contributed by atoms with van der Waals surface area (Å²) in [7, 11) is 0. The maximum absolute atomic E-state index is 11.5. The first kappa shape index (κ1) is 27.0. The number of aromatic nitrogens is 8. The molecule has 0 saturated heterocycles. The van der Waals surface area contributed by atoms with Crippen LogP contribution in [-0.2, 0) is 0 Å². The number of rotatable bonds is 0. The van der Waals surface area contributed by atoms with Crippen LogP contribution in [-0.4, -0.2) is 80.6 Å². The minimum Gasteiger partial charge on any atom is -0.504 e. The number of hydrogen-bond acceptors (Lipinski definition) is 14. The number of benzene rings is 4. The quantitative estimate of drug-likeness (QED) is 0.0626. The van der Waals surface area contributed by atoms with E-state index in [1.807, 2.05) is 0 Å². The second kappa shape index (κ2) is 9.10. The Labute approximate surface area is 265 Å². The lowest BCUT2D eigenvalue weighted by atomic mass is 10.1. The zero-order chi connectivity index (χ0) is 33.2. The molecule has 16 heteroatoms. The molecule has 2 aliphatic heterocycles. The molecule has 0 aliphatic carbocycles. The Morgan fingerprint density at radius 2 is 0.958 bits per heavy atom. The lowest BCUT2D eigenvalue weighted by Crippen LogP contribution is -1.94. The maximum Gasteiger partial charge on any atom is 0.205 e. The summed E-state index contributed by atoms with van der Waals surface area (Å²) in [5, 5.41) is 86.6. The van der Waals surface area contributed by atoms with E-state index in [0.29, 0.717) is 21.9 Å². The third-order valence-corrected chi connectivity index (χ3v) is 8.33. The first-order chi connectivity index (χ1) is 23.1. The van der Waals surface area contributed by atoms with E-state index in [2.05, 4.69) is 29.9 Å². The monoisotopic (exact) mass is 642 g/mol. The van der Waals surface area contributed by atoms with Gasteiger partial charge >= 0.3 is 0 Å². The number of fused-ring (bicyclic) bond motifs is 20. The number of phenolic OH excluding ortho intramolecular Hbond substituents is 7. The van der Waals surface area contributed by atoms with E-state index in [1.54, 1.807) is 48.5 Å². The fourth-order valence-corrected chi connectivity index (χ4v) is 6.09. The molecule has 0 atom stereocenters. The molecular formula is C32H18N8O8. The topological polar surface area (TPSA) is 260 Å². The van der Waals surface area contributed by atoms with E-state index >= 15 is 0 Å². The van der Waals surface area contributed by atoms with E-state index < -0.39 is 40.2 Å². The minimum absolute atomic E-state index is 0.0101. The van der Waals surface area contributed by atoms with Gasteiger partial charge in [0.15, 0.2) is 57.6 Å². The molecule has 3 aromatic heterocycles. The third kappa shape index (κ3) is 3.41. The van der Waals surface area contributed by atoms with Crippen molar-refractivity contribution in [3.05, 3.63) is 54.6 Å². The molecule has 48 heavy (non-hydrogen) atoms. The number of aromatic amines is 1. The number of phenols is 7. The van der Waals surface area contributed by atoms with Crippen molar-refractivity contribution >= 4 is 44.1 Å². The Kier molecular flexibility index (Phi) is 5.12. The minimum atomic E-state index is -1.04. The third-order valence-electron chi connectivity index (χ3n) is 8.33. The van der Waals surface area contributed by atoms with Crippen LogP contribution in [0.1, 0.15) is 0 Å². The molecule has 9 N–H and O–H groups in total. The molecule has 0 saturated carbocycles. The number of nitrogens with zero attached hydrogens (tertiary/aromatic N) is 7. The summed E-state index contributed by atoms with van der Waals surface area (Å²) < 4.78 is 0.750. The van der Waals surface area contributed by atoms with Crippen molar-refractivity contribution in [2.24, 2.45) is 0 Å². The van der Waals surface area contributed by atoms with Crippen LogP contribution in [0.15, 0.2) is 54.6 Å². The molecule has 0 spiro atoms. The zero-order valence-corrected chi connectivity index (χ0v) is 23.9. The van der Waals surface area contributed by atoms with E-state index in [-0.39, 0.29) is 67.8 Å². The summed E-state index contributed by atoms with van der Waals surface area (Å²) in [5.41, 5.74) is 0.531. The first-order valence-corrected chi connectivity index (χ1v) is 14.1. The van der Waals surface area contributed by atoms with Crippen molar-refractivity contribution in [2.45, 2.75) is 0 Å². The molecule has 0 radical (unpaired) electrons. The van der Waals surface area contributed by atoms with Gasteiger partial charge in [-0.25, -0.2) is 29.9 Å². The SMILES string of the molecule is Oc1cc2c(c(O)c1O)-c1nc-2nc2c3ccccc3c(nc3nc(nc4[nH]c(n1)c1c(O)c(O)c(O)c(O)c41)-c1ccccc1-3)n2O. The molecule has 16 nitrogen and oxygen atoms in total. The Bertz CT molecular complexity index is 2790. The van der Waals surface area contributed by atoms with Crippen LogP contribution in [0.3, 0.4) is 0 Å². The van der Waals surface area contributed by atoms with E-state index in [4.69, 9.17) is 4.98 Å². The summed E-state index contributed by atoms with van der Waals surface area (Å²) in [6.45, 7) is 0. The predicted molar refractivity (Wildman–Crippen MR) is 169 cm³/mol. The highest BCUT2D eigenvalue weighted by atomic mass is 16.5. The average Bonchev–Trinajstić information content (AvgIpc) is 3.79. The normalized spacial score (nSPS) is 12.0. The van der Waals surface area contributed by atoms with Crippen molar-refractivity contribution in [1.82, 2.24) is 39.6 Å². The largest absolute Gasteiger partial charge is 0.504 e. The lowest BCUT2D eigenvalue weighted by molar-refractivity contribution is 0.209. The number of nitrogens with one attached hydrogen (secondary N) is 1. The van der Waals surface area contributed by atoms with Gasteiger partial charge in [-0.2, -0.15) is 0 Å². The van der Waals surface area contributed by atoms with Crippen molar-refractivity contribution in [3.8, 4) is 85.8 Å². The maximum atomic E-state index is 11.5. The number of aromatic hydroxyl groups is 7. The molecule has 4 aromatic carbocycles. The fourth-order valence-electron chi connectivity index (χ4n) is 6.09. The lowest BCUT2D eigenvalue weighted by Gasteiger charge is -2.06. The standard InChI is InChI=1S/C32H18N8O8/c41-15-9-14-16(20(43)19(15)42)28-35-27(14)39-32-13-8-4-3-7-12(13)31(40(32)48)38-26-11-6-2-1-5-10(11)25(33-26)34-29-17-18(30(36-28)37-29)22(45)24(47)23(46)21(17)44/h1-9,41-48H,(H,33,34,35,36,37,38,39). The highest BCUT2D eigenvalue weighted by Crippen LogP contribution is 2.52. The van der Waals surface area contributed by atoms with Crippen molar-refractivity contribution in [1.29, 1.82) is 0 Å². The molecule has 0 amide bonds. The Morgan fingerprint density at radius 1 is 0.479 bits per heavy atom. The number of hydrogen-bond donors (Lipinski definition) is 9. The van der Waals surface area contributed by atoms with E-state index in [1.165, 1.54) is 0 Å². The molecule has 0 fully saturated rings. The van der Waals surface area contributed by atoms with Gasteiger partial charge in [-0.15, -0.1) is 4.73 Å². The van der Waals surface area contributed by atoms with Gasteiger partial charge in [0.25, 0.3) is 0 Å². The Hall–Kier alpha value is -7.36. The second-order valence-corrected chi connectivity index (χ2v) is 11.0. The highest BCUT2D eigenvalue weighted by Gasteiger charge is 2.30. The first-order valence-electron chi connectivity index (χ1n) is 14.1. The highest BCUT2D eigenvalue weighted by molar-refractivity contribution is 6.14. The zero-order valence-electron chi connectivity index (χ0n) is 23.9. The van der Waals surface area contributed by atoms with Crippen LogP contribution < -0.4 is 0 Å². The van der Waals surface area contributed by atoms with Crippen LogP contribution in [0.4, 0.5) is 0 Å². The molecule has 0 unspecified atom stereocenters. The average molecular weight is 643 g/mol. The van der Waals surface area contributed by atoms with E-state index in [0.717, 1.165) is 10.8 Å². The molecule has 234 valence electrons. The van der Waals surface area contributed by atoms with Crippen LogP contribution >= 0.6 is 0 Å². The van der Waals surface area contributed by atoms with Crippen molar-refractivity contribution < 1.29 is 41.0 Å². The molecular weight excluding hydrogens is 624 g/mol. The predicted octanol–water partition coefficient (Wildman–Crippen LogP) is 4.52. The molecule has 8 bridgehead atoms. The second-order valence-electron chi connectivity index (χ2n) is 11.0. The molecule has 5 heterocycles. The summed E-state index contributed by atoms with van der Waals surface area (Å²) in [6, 6.07) is 15.0. The smallest absolute Gasteiger partial charge is 0.205 e. The van der Waals surface area contributed by atoms with Crippen LogP contribution in [0.5, 0.6) is 40.2 Å². The fraction of sp³-hybridized carbons (Fsp3) is 0. The Morgan fingerprint density at radius 3 is 1.54 bits per heavy atom. The van der Waals surface area contributed by atoms with Crippen LogP contribution in [0, 0.1) is 0 Å². The molecule has 2 aliphatic rings. The number of H-pyrrole nitrogens is 1. The summed E-state index contributed by atoms with van der Waals surface area (Å²) in [4.78, 5) is 30.3. The van der Waals surface area contributed by atoms with Crippen LogP contribution in [0.25, 0.3) is 89.7 Å². The Balaban J connectivity index is 1.57. The summed E-state index contributed by atoms with van der Waals surface area (Å²) in [6.07, 6.45) is 0. The van der Waals surface area contributed by atoms with Gasteiger partial charge in [0.05, 0.1) is 16.3 Å². The van der Waals surface area contributed by atoms with Crippen LogP contribution in [0.2, 0.25) is 0 Å². The van der Waals surface area contributed by atoms with Gasteiger partial charge in [-0.05, 0) is 6.07 Å². The van der Waals surface area contributed by atoms with Gasteiger partial charge < -0.3 is 45.9 Å². The van der Waals surface area contributed by atoms with Gasteiger partial charge in [0.1, 0.15) is 11.3 Å². The summed E-state index contributed by atoms with van der Waals surface area (Å²) in [5.74, 6) is -6.33. The summed E-state index contributed by atoms with van der Waals surface area (Å²) >= 11 is 0. The van der Waals surface area contributed by atoms with Gasteiger partial charge in [0.2, 0.25) is 17.2 Å². The van der Waals surface area contributed by atoms with Crippen molar-refractivity contribution in [3.63, 3.8) is 0 Å². The van der Waals surface area contributed by atoms with Gasteiger partial charge in [0, 0.05) is 27.5 Å². The van der Waals surface area contributed by atoms with Gasteiger partial charge in [-0.3, -0.25) is 0 Å². The van der Waals surface area contributed by atoms with Crippen molar-refractivity contribution in [2.75, 3.05) is 0 Å². The van der Waals surface area contributed by atoms with Gasteiger partial charge in [-0.1, -0.05) is 48.5 Å². The van der Waals surface area contributed by atoms with E-state index in [9.17, 15) is 41.0 Å². The molecule has 7 aromatic rings. The molecule has 9 rings (SSSR count).